The number of hydrogen-bond acceptors (Lipinski definition) is 2. The first-order valence-corrected chi connectivity index (χ1v) is 6.75. The largest absolute Gasteiger partial charge is 0.399 e. The molecule has 0 spiro atoms. The van der Waals surface area contributed by atoms with Crippen molar-refractivity contribution in [2.45, 2.75) is 26.3 Å². The molecule has 1 unspecified atom stereocenters. The molecule has 0 aliphatic carbocycles. The number of rotatable bonds is 4. The minimum Gasteiger partial charge on any atom is -0.399 e. The zero-order valence-electron chi connectivity index (χ0n) is 11.9. The van der Waals surface area contributed by atoms with Crippen LogP contribution in [0.3, 0.4) is 0 Å². The maximum Gasteiger partial charge on any atom is 0.224 e. The van der Waals surface area contributed by atoms with Gasteiger partial charge in [-0.05, 0) is 37.1 Å². The van der Waals surface area contributed by atoms with E-state index in [1.54, 1.807) is 0 Å². The molecule has 0 aliphatic rings. The monoisotopic (exact) mass is 268 g/mol. The average Bonchev–Trinajstić information content (AvgIpc) is 2.42. The van der Waals surface area contributed by atoms with Crippen LogP contribution in [-0.2, 0) is 11.2 Å². The summed E-state index contributed by atoms with van der Waals surface area (Å²) in [6, 6.07) is 15.6. The Labute approximate surface area is 119 Å². The molecular formula is C17H20N2O. The highest BCUT2D eigenvalue weighted by atomic mass is 16.1. The van der Waals surface area contributed by atoms with Crippen LogP contribution in [0.4, 0.5) is 5.69 Å². The Balaban J connectivity index is 1.93. The highest BCUT2D eigenvalue weighted by Gasteiger charge is 2.09. The molecule has 0 bridgehead atoms. The first-order valence-electron chi connectivity index (χ1n) is 6.75. The summed E-state index contributed by atoms with van der Waals surface area (Å²) in [5, 5.41) is 3.00. The van der Waals surface area contributed by atoms with Crippen molar-refractivity contribution in [3.8, 4) is 0 Å². The minimum atomic E-state index is -0.0199. The smallest absolute Gasteiger partial charge is 0.224 e. The van der Waals surface area contributed by atoms with Gasteiger partial charge in [-0.1, -0.05) is 42.0 Å². The number of aryl methyl sites for hydroxylation is 1. The van der Waals surface area contributed by atoms with Crippen LogP contribution < -0.4 is 11.1 Å². The normalized spacial score (nSPS) is 11.9. The van der Waals surface area contributed by atoms with E-state index in [1.165, 1.54) is 5.56 Å². The van der Waals surface area contributed by atoms with Crippen LogP contribution >= 0.6 is 0 Å². The van der Waals surface area contributed by atoms with E-state index in [4.69, 9.17) is 5.73 Å². The third-order valence-electron chi connectivity index (χ3n) is 3.30. The summed E-state index contributed by atoms with van der Waals surface area (Å²) in [6.07, 6.45) is 0.402. The summed E-state index contributed by atoms with van der Waals surface area (Å²) in [5.41, 5.74) is 9.66. The van der Waals surface area contributed by atoms with E-state index >= 15 is 0 Å². The van der Waals surface area contributed by atoms with Crippen molar-refractivity contribution in [3.05, 3.63) is 65.2 Å². The van der Waals surface area contributed by atoms with Crippen LogP contribution in [0.1, 0.15) is 29.7 Å². The zero-order chi connectivity index (χ0) is 14.5. The van der Waals surface area contributed by atoms with Gasteiger partial charge in [-0.25, -0.2) is 0 Å². The van der Waals surface area contributed by atoms with Crippen molar-refractivity contribution in [3.63, 3.8) is 0 Å². The van der Waals surface area contributed by atoms with E-state index in [-0.39, 0.29) is 11.9 Å². The first-order chi connectivity index (χ1) is 9.54. The Kier molecular flexibility index (Phi) is 4.41. The van der Waals surface area contributed by atoms with E-state index < -0.39 is 0 Å². The van der Waals surface area contributed by atoms with Crippen LogP contribution in [0.25, 0.3) is 0 Å². The number of hydrogen-bond donors (Lipinski definition) is 2. The van der Waals surface area contributed by atoms with Crippen molar-refractivity contribution >= 4 is 11.6 Å². The maximum absolute atomic E-state index is 12.0. The number of carbonyl (C=O) groups is 1. The molecule has 1 atom stereocenters. The summed E-state index contributed by atoms with van der Waals surface area (Å²) in [6.45, 7) is 4.01. The predicted octanol–water partition coefficient (Wildman–Crippen LogP) is 3.00. The van der Waals surface area contributed by atoms with Crippen LogP contribution in [0, 0.1) is 6.92 Å². The highest BCUT2D eigenvalue weighted by molar-refractivity contribution is 5.79. The SMILES string of the molecule is Cc1ccc(CC(=O)NC(C)c2ccc(N)cc2)cc1. The predicted molar refractivity (Wildman–Crippen MR) is 82.3 cm³/mol. The number of nitrogens with two attached hydrogens (primary N) is 1. The lowest BCUT2D eigenvalue weighted by molar-refractivity contribution is -0.121. The molecule has 0 saturated heterocycles. The van der Waals surface area contributed by atoms with Gasteiger partial charge in [0.2, 0.25) is 5.91 Å². The summed E-state index contributed by atoms with van der Waals surface area (Å²) in [4.78, 5) is 12.0. The molecule has 1 amide bonds. The molecule has 2 aromatic carbocycles. The standard InChI is InChI=1S/C17H20N2O/c1-12-3-5-14(6-4-12)11-17(20)19-13(2)15-7-9-16(18)10-8-15/h3-10,13H,11,18H2,1-2H3,(H,19,20). The Morgan fingerprint density at radius 1 is 1.10 bits per heavy atom. The van der Waals surface area contributed by atoms with Gasteiger partial charge in [-0.3, -0.25) is 4.79 Å². The fraction of sp³-hybridized carbons (Fsp3) is 0.235. The molecule has 0 fully saturated rings. The second-order valence-corrected chi connectivity index (χ2v) is 5.12. The van der Waals surface area contributed by atoms with E-state index in [9.17, 15) is 4.79 Å². The fourth-order valence-corrected chi connectivity index (χ4v) is 2.05. The summed E-state index contributed by atoms with van der Waals surface area (Å²) < 4.78 is 0. The summed E-state index contributed by atoms with van der Waals surface area (Å²) >= 11 is 0. The van der Waals surface area contributed by atoms with Gasteiger partial charge in [0.25, 0.3) is 0 Å². The van der Waals surface area contributed by atoms with Gasteiger partial charge in [0.1, 0.15) is 0 Å². The minimum absolute atomic E-state index is 0.0199. The Hall–Kier alpha value is -2.29. The van der Waals surface area contributed by atoms with E-state index in [1.807, 2.05) is 62.4 Å². The van der Waals surface area contributed by atoms with Gasteiger partial charge < -0.3 is 11.1 Å². The van der Waals surface area contributed by atoms with E-state index in [0.717, 1.165) is 16.8 Å². The quantitative estimate of drug-likeness (QED) is 0.837. The third-order valence-corrected chi connectivity index (χ3v) is 3.30. The van der Waals surface area contributed by atoms with Gasteiger partial charge in [0.15, 0.2) is 0 Å². The van der Waals surface area contributed by atoms with Crippen LogP contribution in [0.15, 0.2) is 48.5 Å². The van der Waals surface area contributed by atoms with Crippen molar-refractivity contribution < 1.29 is 4.79 Å². The van der Waals surface area contributed by atoms with Gasteiger partial charge in [-0.15, -0.1) is 0 Å². The zero-order valence-corrected chi connectivity index (χ0v) is 11.9. The van der Waals surface area contributed by atoms with Gasteiger partial charge in [0, 0.05) is 5.69 Å². The molecule has 0 aliphatic heterocycles. The fourth-order valence-electron chi connectivity index (χ4n) is 2.05. The number of nitrogen functional groups attached to an aromatic ring is 1. The Morgan fingerprint density at radius 2 is 1.70 bits per heavy atom. The van der Waals surface area contributed by atoms with Crippen molar-refractivity contribution in [1.82, 2.24) is 5.32 Å². The first kappa shape index (κ1) is 14.1. The second kappa shape index (κ2) is 6.24. The lowest BCUT2D eigenvalue weighted by Gasteiger charge is -2.14. The molecule has 0 saturated carbocycles. The molecule has 3 N–H and O–H groups in total. The molecule has 0 aromatic heterocycles. The number of carbonyl (C=O) groups excluding carboxylic acids is 1. The lowest BCUT2D eigenvalue weighted by Crippen LogP contribution is -2.28. The number of anilines is 1. The van der Waals surface area contributed by atoms with Crippen molar-refractivity contribution in [1.29, 1.82) is 0 Å². The number of benzene rings is 2. The van der Waals surface area contributed by atoms with Gasteiger partial charge in [-0.2, -0.15) is 0 Å². The van der Waals surface area contributed by atoms with Crippen LogP contribution in [0.5, 0.6) is 0 Å². The average molecular weight is 268 g/mol. The number of nitrogens with one attached hydrogen (secondary N) is 1. The molecule has 2 rings (SSSR count). The lowest BCUT2D eigenvalue weighted by atomic mass is 10.1. The maximum atomic E-state index is 12.0. The van der Waals surface area contributed by atoms with Crippen LogP contribution in [-0.4, -0.2) is 5.91 Å². The molecule has 104 valence electrons. The molecular weight excluding hydrogens is 248 g/mol. The highest BCUT2D eigenvalue weighted by Crippen LogP contribution is 2.14. The molecule has 20 heavy (non-hydrogen) atoms. The van der Waals surface area contributed by atoms with E-state index in [0.29, 0.717) is 6.42 Å². The van der Waals surface area contributed by atoms with Crippen molar-refractivity contribution in [2.24, 2.45) is 0 Å². The second-order valence-electron chi connectivity index (χ2n) is 5.12. The van der Waals surface area contributed by atoms with E-state index in [2.05, 4.69) is 5.32 Å². The Bertz CT molecular complexity index is 573. The van der Waals surface area contributed by atoms with Gasteiger partial charge >= 0.3 is 0 Å². The topological polar surface area (TPSA) is 55.1 Å². The van der Waals surface area contributed by atoms with Gasteiger partial charge in [0.05, 0.1) is 12.5 Å². The van der Waals surface area contributed by atoms with Crippen LogP contribution in [0.2, 0.25) is 0 Å². The Morgan fingerprint density at radius 3 is 2.30 bits per heavy atom. The van der Waals surface area contributed by atoms with Crippen molar-refractivity contribution in [2.75, 3.05) is 5.73 Å². The molecule has 3 heteroatoms. The molecule has 0 heterocycles. The number of amides is 1. The molecule has 3 nitrogen and oxygen atoms in total. The summed E-state index contributed by atoms with van der Waals surface area (Å²) in [7, 11) is 0. The molecule has 0 radical (unpaired) electrons. The summed E-state index contributed by atoms with van der Waals surface area (Å²) in [5.74, 6) is 0.0261. The third kappa shape index (κ3) is 3.85. The molecule has 2 aromatic rings.